The smallest absolute Gasteiger partial charge is 0.321 e. The fraction of sp³-hybridized carbons (Fsp3) is 0.522. The van der Waals surface area contributed by atoms with Gasteiger partial charge in [-0.25, -0.2) is 4.79 Å². The summed E-state index contributed by atoms with van der Waals surface area (Å²) in [7, 11) is 0. The molecule has 1 aliphatic carbocycles. The van der Waals surface area contributed by atoms with Crippen molar-refractivity contribution in [2.45, 2.75) is 33.7 Å². The highest BCUT2D eigenvalue weighted by Crippen LogP contribution is 2.18. The van der Waals surface area contributed by atoms with Gasteiger partial charge in [0.05, 0.1) is 6.61 Å². The van der Waals surface area contributed by atoms with E-state index in [1.165, 1.54) is 5.56 Å². The van der Waals surface area contributed by atoms with Crippen LogP contribution in [0.25, 0.3) is 0 Å². The van der Waals surface area contributed by atoms with Crippen LogP contribution in [-0.4, -0.2) is 48.6 Å². The Morgan fingerprint density at radius 1 is 1.18 bits per heavy atom. The molecule has 3 rings (SSSR count). The zero-order chi connectivity index (χ0) is 19.9. The molecule has 1 atom stereocenters. The highest BCUT2D eigenvalue weighted by atomic mass is 16.5. The molecule has 1 saturated heterocycles. The lowest BCUT2D eigenvalue weighted by Gasteiger charge is -2.35. The van der Waals surface area contributed by atoms with Crippen LogP contribution in [0.15, 0.2) is 48.2 Å². The summed E-state index contributed by atoms with van der Waals surface area (Å²) in [5.41, 5.74) is 2.30. The van der Waals surface area contributed by atoms with Crippen molar-refractivity contribution in [1.29, 1.82) is 0 Å². The van der Waals surface area contributed by atoms with E-state index in [4.69, 9.17) is 4.74 Å². The highest BCUT2D eigenvalue weighted by molar-refractivity contribution is 5.76. The molecule has 5 heteroatoms. The number of carbonyl (C=O) groups is 1. The van der Waals surface area contributed by atoms with Crippen molar-refractivity contribution in [3.05, 3.63) is 53.8 Å². The van der Waals surface area contributed by atoms with Gasteiger partial charge in [-0.1, -0.05) is 45.1 Å². The molecule has 1 fully saturated rings. The normalized spacial score (nSPS) is 20.2. The number of nitrogens with one attached hydrogen (secondary N) is 1. The van der Waals surface area contributed by atoms with Crippen molar-refractivity contribution in [2.24, 2.45) is 11.8 Å². The molecule has 1 aromatic rings. The Hall–Kier alpha value is -2.27. The van der Waals surface area contributed by atoms with E-state index in [1.807, 2.05) is 17.1 Å². The summed E-state index contributed by atoms with van der Waals surface area (Å²) in [5.74, 6) is 1.84. The molecule has 5 nitrogen and oxygen atoms in total. The number of piperazine rings is 1. The van der Waals surface area contributed by atoms with Crippen molar-refractivity contribution >= 4 is 6.03 Å². The summed E-state index contributed by atoms with van der Waals surface area (Å²) in [6, 6.07) is 8.40. The van der Waals surface area contributed by atoms with Crippen LogP contribution in [0.1, 0.15) is 32.8 Å². The lowest BCUT2D eigenvalue weighted by Crippen LogP contribution is -2.51. The van der Waals surface area contributed by atoms with Gasteiger partial charge in [0.15, 0.2) is 0 Å². The predicted molar refractivity (Wildman–Crippen MR) is 113 cm³/mol. The molecular weight excluding hydrogens is 350 g/mol. The van der Waals surface area contributed by atoms with Crippen LogP contribution in [0.5, 0.6) is 5.75 Å². The number of hydrogen-bond acceptors (Lipinski definition) is 3. The summed E-state index contributed by atoms with van der Waals surface area (Å²) in [6.07, 6.45) is 7.16. The van der Waals surface area contributed by atoms with Gasteiger partial charge in [0, 0.05) is 38.4 Å². The Morgan fingerprint density at radius 2 is 1.89 bits per heavy atom. The molecule has 28 heavy (non-hydrogen) atoms. The Balaban J connectivity index is 1.43. The van der Waals surface area contributed by atoms with Gasteiger partial charge in [0.25, 0.3) is 0 Å². The van der Waals surface area contributed by atoms with Crippen LogP contribution in [0.2, 0.25) is 0 Å². The number of amides is 2. The SMILES string of the molecule is CC(C)COc1ccc(CN2CCN(C(=O)NC3=CC=CCC3C)CC2)cc1. The van der Waals surface area contributed by atoms with Crippen molar-refractivity contribution in [2.75, 3.05) is 32.8 Å². The number of benzene rings is 1. The molecule has 2 aliphatic rings. The zero-order valence-electron chi connectivity index (χ0n) is 17.4. The van der Waals surface area contributed by atoms with Crippen molar-refractivity contribution < 1.29 is 9.53 Å². The standard InChI is InChI=1S/C23H33N3O2/c1-18(2)17-28-21-10-8-20(9-11-21)16-25-12-14-26(15-13-25)23(27)24-22-7-5-4-6-19(22)3/h4-5,7-11,18-19H,6,12-17H2,1-3H3,(H,24,27). The molecule has 1 aromatic carbocycles. The quantitative estimate of drug-likeness (QED) is 0.807. The predicted octanol–water partition coefficient (Wildman–Crippen LogP) is 4.03. The van der Waals surface area contributed by atoms with Crippen LogP contribution in [0.4, 0.5) is 4.79 Å². The van der Waals surface area contributed by atoms with Gasteiger partial charge in [-0.2, -0.15) is 0 Å². The third-order valence-corrected chi connectivity index (χ3v) is 5.26. The molecule has 152 valence electrons. The molecule has 0 saturated carbocycles. The van der Waals surface area contributed by atoms with Crippen molar-refractivity contribution in [3.8, 4) is 5.75 Å². The third-order valence-electron chi connectivity index (χ3n) is 5.26. The zero-order valence-corrected chi connectivity index (χ0v) is 17.4. The fourth-order valence-electron chi connectivity index (χ4n) is 3.43. The van der Waals surface area contributed by atoms with E-state index in [2.05, 4.69) is 61.3 Å². The number of rotatable bonds is 6. The average Bonchev–Trinajstić information content (AvgIpc) is 2.69. The van der Waals surface area contributed by atoms with Crippen LogP contribution < -0.4 is 10.1 Å². The minimum absolute atomic E-state index is 0.0275. The Kier molecular flexibility index (Phi) is 7.15. The van der Waals surface area contributed by atoms with Gasteiger partial charge in [0.1, 0.15) is 5.75 Å². The van der Waals surface area contributed by atoms with E-state index in [1.54, 1.807) is 0 Å². The van der Waals surface area contributed by atoms with Gasteiger partial charge < -0.3 is 15.0 Å². The van der Waals surface area contributed by atoms with Crippen molar-refractivity contribution in [3.63, 3.8) is 0 Å². The van der Waals surface area contributed by atoms with Crippen LogP contribution >= 0.6 is 0 Å². The molecule has 1 aliphatic heterocycles. The van der Waals surface area contributed by atoms with Gasteiger partial charge in [-0.3, -0.25) is 4.90 Å². The maximum Gasteiger partial charge on any atom is 0.321 e. The first-order chi connectivity index (χ1) is 13.5. The molecule has 0 radical (unpaired) electrons. The number of urea groups is 1. The minimum atomic E-state index is 0.0275. The molecule has 0 bridgehead atoms. The van der Waals surface area contributed by atoms with Crippen LogP contribution in [0.3, 0.4) is 0 Å². The lowest BCUT2D eigenvalue weighted by molar-refractivity contribution is 0.136. The van der Waals surface area contributed by atoms with Crippen molar-refractivity contribution in [1.82, 2.24) is 15.1 Å². The van der Waals surface area contributed by atoms with E-state index in [-0.39, 0.29) is 6.03 Å². The monoisotopic (exact) mass is 383 g/mol. The lowest BCUT2D eigenvalue weighted by atomic mass is 9.99. The van der Waals surface area contributed by atoms with Gasteiger partial charge in [-0.05, 0) is 42.0 Å². The molecule has 1 N–H and O–H groups in total. The Bertz CT molecular complexity index is 701. The summed E-state index contributed by atoms with van der Waals surface area (Å²) in [5, 5.41) is 3.09. The summed E-state index contributed by atoms with van der Waals surface area (Å²) < 4.78 is 5.75. The molecule has 2 amide bonds. The van der Waals surface area contributed by atoms with E-state index in [0.717, 1.165) is 57.2 Å². The first kappa shape index (κ1) is 20.5. The number of allylic oxidation sites excluding steroid dienone is 4. The third kappa shape index (κ3) is 5.86. The van der Waals surface area contributed by atoms with E-state index in [9.17, 15) is 4.79 Å². The largest absolute Gasteiger partial charge is 0.493 e. The number of hydrogen-bond donors (Lipinski definition) is 1. The molecule has 1 heterocycles. The Morgan fingerprint density at radius 3 is 2.54 bits per heavy atom. The second-order valence-corrected chi connectivity index (χ2v) is 8.23. The molecular formula is C23H33N3O2. The number of ether oxygens (including phenoxy) is 1. The molecule has 1 unspecified atom stereocenters. The maximum absolute atomic E-state index is 12.5. The van der Waals surface area contributed by atoms with Gasteiger partial charge in [-0.15, -0.1) is 0 Å². The second kappa shape index (κ2) is 9.78. The van der Waals surface area contributed by atoms with Crippen LogP contribution in [0, 0.1) is 11.8 Å². The fourth-order valence-corrected chi connectivity index (χ4v) is 3.43. The first-order valence-electron chi connectivity index (χ1n) is 10.4. The number of nitrogens with zero attached hydrogens (tertiary/aromatic N) is 2. The molecule has 0 spiro atoms. The number of carbonyl (C=O) groups excluding carboxylic acids is 1. The Labute approximate surface area is 169 Å². The highest BCUT2D eigenvalue weighted by Gasteiger charge is 2.23. The summed E-state index contributed by atoms with van der Waals surface area (Å²) in [6.45, 7) is 11.4. The first-order valence-corrected chi connectivity index (χ1v) is 10.4. The maximum atomic E-state index is 12.5. The summed E-state index contributed by atoms with van der Waals surface area (Å²) >= 11 is 0. The second-order valence-electron chi connectivity index (χ2n) is 8.23. The average molecular weight is 384 g/mol. The van der Waals surface area contributed by atoms with E-state index >= 15 is 0 Å². The van der Waals surface area contributed by atoms with Gasteiger partial charge in [0.2, 0.25) is 0 Å². The molecule has 0 aromatic heterocycles. The summed E-state index contributed by atoms with van der Waals surface area (Å²) in [4.78, 5) is 16.9. The van der Waals surface area contributed by atoms with E-state index < -0.39 is 0 Å². The van der Waals surface area contributed by atoms with E-state index in [0.29, 0.717) is 11.8 Å². The topological polar surface area (TPSA) is 44.8 Å². The van der Waals surface area contributed by atoms with Crippen LogP contribution in [-0.2, 0) is 6.54 Å². The minimum Gasteiger partial charge on any atom is -0.493 e. The van der Waals surface area contributed by atoms with Gasteiger partial charge >= 0.3 is 6.03 Å².